The van der Waals surface area contributed by atoms with Gasteiger partial charge in [-0.3, -0.25) is 9.59 Å². The zero-order chi connectivity index (χ0) is 19.2. The average molecular weight is 389 g/mol. The normalized spacial score (nSPS) is 17.0. The Morgan fingerprint density at radius 2 is 2.19 bits per heavy atom. The topological polar surface area (TPSA) is 67.2 Å². The first kappa shape index (κ1) is 19.4. The van der Waals surface area contributed by atoms with Crippen molar-refractivity contribution in [1.29, 1.82) is 0 Å². The third-order valence-corrected chi connectivity index (χ3v) is 5.02. The van der Waals surface area contributed by atoms with Crippen molar-refractivity contribution in [2.24, 2.45) is 5.92 Å². The third kappa shape index (κ3) is 4.89. The van der Waals surface area contributed by atoms with Crippen LogP contribution in [0.1, 0.15) is 32.6 Å². The molecule has 27 heavy (non-hydrogen) atoms. The standard InChI is InChI=1S/C20H25ClN4O2/c1-2-3-11-22-20(27)15-6-5-12-24(14-15)18-9-10-19(26)25(23-18)17-8-4-7-16(21)13-17/h4,7-10,13,15H,2-3,5-6,11-12,14H2,1H3,(H,22,27). The number of benzene rings is 1. The number of piperidine rings is 1. The largest absolute Gasteiger partial charge is 0.356 e. The van der Waals surface area contributed by atoms with Gasteiger partial charge < -0.3 is 10.2 Å². The molecule has 1 aromatic heterocycles. The van der Waals surface area contributed by atoms with E-state index in [0.717, 1.165) is 38.8 Å². The summed E-state index contributed by atoms with van der Waals surface area (Å²) in [7, 11) is 0. The Hall–Kier alpha value is -2.34. The van der Waals surface area contributed by atoms with Crippen molar-refractivity contribution in [3.8, 4) is 5.69 Å². The van der Waals surface area contributed by atoms with Gasteiger partial charge in [0.25, 0.3) is 5.56 Å². The number of rotatable bonds is 6. The fraction of sp³-hybridized carbons (Fsp3) is 0.450. The average Bonchev–Trinajstić information content (AvgIpc) is 2.68. The molecule has 2 aromatic rings. The minimum Gasteiger partial charge on any atom is -0.356 e. The number of nitrogens with one attached hydrogen (secondary N) is 1. The lowest BCUT2D eigenvalue weighted by Gasteiger charge is -2.32. The first-order valence-electron chi connectivity index (χ1n) is 9.47. The SMILES string of the molecule is CCCCNC(=O)C1CCCN(c2ccc(=O)n(-c3cccc(Cl)c3)n2)C1. The number of halogens is 1. The maximum Gasteiger partial charge on any atom is 0.271 e. The van der Waals surface area contributed by atoms with E-state index in [1.165, 1.54) is 10.7 Å². The van der Waals surface area contributed by atoms with Gasteiger partial charge in [0.2, 0.25) is 5.91 Å². The molecule has 6 nitrogen and oxygen atoms in total. The van der Waals surface area contributed by atoms with Gasteiger partial charge in [0.15, 0.2) is 0 Å². The summed E-state index contributed by atoms with van der Waals surface area (Å²) in [6, 6.07) is 10.3. The molecule has 1 saturated heterocycles. The minimum atomic E-state index is -0.216. The van der Waals surface area contributed by atoms with Gasteiger partial charge in [0, 0.05) is 30.7 Å². The molecule has 1 fully saturated rings. The highest BCUT2D eigenvalue weighted by molar-refractivity contribution is 6.30. The molecular formula is C20H25ClN4O2. The van der Waals surface area contributed by atoms with Gasteiger partial charge in [-0.25, -0.2) is 0 Å². The Kier molecular flexibility index (Phi) is 6.50. The summed E-state index contributed by atoms with van der Waals surface area (Å²) in [5.74, 6) is 0.751. The van der Waals surface area contributed by atoms with E-state index < -0.39 is 0 Å². The summed E-state index contributed by atoms with van der Waals surface area (Å²) in [4.78, 5) is 26.7. The quantitative estimate of drug-likeness (QED) is 0.772. The van der Waals surface area contributed by atoms with Gasteiger partial charge in [-0.15, -0.1) is 5.10 Å². The van der Waals surface area contributed by atoms with Crippen molar-refractivity contribution in [3.63, 3.8) is 0 Å². The second-order valence-electron chi connectivity index (χ2n) is 6.85. The van der Waals surface area contributed by atoms with E-state index in [2.05, 4.69) is 22.2 Å². The Morgan fingerprint density at radius 3 is 2.96 bits per heavy atom. The number of anilines is 1. The van der Waals surface area contributed by atoms with Crippen LogP contribution in [0, 0.1) is 5.92 Å². The van der Waals surface area contributed by atoms with Crippen LogP contribution in [0.15, 0.2) is 41.2 Å². The van der Waals surface area contributed by atoms with Crippen molar-refractivity contribution >= 4 is 23.3 Å². The maximum absolute atomic E-state index is 12.4. The Bertz CT molecular complexity index is 852. The molecule has 1 N–H and O–H groups in total. The summed E-state index contributed by atoms with van der Waals surface area (Å²) in [5.41, 5.74) is 0.409. The monoisotopic (exact) mass is 388 g/mol. The van der Waals surface area contributed by atoms with Gasteiger partial charge in [-0.2, -0.15) is 4.68 Å². The molecule has 7 heteroatoms. The van der Waals surface area contributed by atoms with Crippen molar-refractivity contribution in [2.45, 2.75) is 32.6 Å². The van der Waals surface area contributed by atoms with E-state index in [4.69, 9.17) is 11.6 Å². The van der Waals surface area contributed by atoms with Crippen LogP contribution in [0.4, 0.5) is 5.82 Å². The van der Waals surface area contributed by atoms with Crippen molar-refractivity contribution in [3.05, 3.63) is 51.8 Å². The predicted molar refractivity (Wildman–Crippen MR) is 108 cm³/mol. The number of carbonyl (C=O) groups excluding carboxylic acids is 1. The second kappa shape index (κ2) is 9.04. The molecule has 144 valence electrons. The van der Waals surface area contributed by atoms with Crippen LogP contribution in [0.2, 0.25) is 5.02 Å². The summed E-state index contributed by atoms with van der Waals surface area (Å²) in [5, 5.41) is 8.09. The lowest BCUT2D eigenvalue weighted by atomic mass is 9.97. The van der Waals surface area contributed by atoms with Crippen LogP contribution in [0.5, 0.6) is 0 Å². The Morgan fingerprint density at radius 1 is 1.33 bits per heavy atom. The van der Waals surface area contributed by atoms with Crippen molar-refractivity contribution in [2.75, 3.05) is 24.5 Å². The molecule has 0 bridgehead atoms. The molecule has 0 radical (unpaired) electrons. The number of carbonyl (C=O) groups is 1. The molecule has 1 aliphatic rings. The highest BCUT2D eigenvalue weighted by atomic mass is 35.5. The van der Waals surface area contributed by atoms with E-state index in [1.807, 2.05) is 0 Å². The Balaban J connectivity index is 1.77. The van der Waals surface area contributed by atoms with Crippen molar-refractivity contribution < 1.29 is 4.79 Å². The third-order valence-electron chi connectivity index (χ3n) is 4.78. The molecule has 1 aliphatic heterocycles. The maximum atomic E-state index is 12.4. The number of amides is 1. The smallest absolute Gasteiger partial charge is 0.271 e. The second-order valence-corrected chi connectivity index (χ2v) is 7.29. The highest BCUT2D eigenvalue weighted by Gasteiger charge is 2.26. The van der Waals surface area contributed by atoms with Crippen LogP contribution in [0.3, 0.4) is 0 Å². The van der Waals surface area contributed by atoms with Gasteiger partial charge in [0.05, 0.1) is 11.6 Å². The van der Waals surface area contributed by atoms with Crippen LogP contribution < -0.4 is 15.8 Å². The molecule has 1 aromatic carbocycles. The summed E-state index contributed by atoms with van der Waals surface area (Å²) in [6.45, 7) is 4.26. The van der Waals surface area contributed by atoms with Crippen LogP contribution in [-0.4, -0.2) is 35.3 Å². The summed E-state index contributed by atoms with van der Waals surface area (Å²) >= 11 is 6.04. The molecule has 3 rings (SSSR count). The molecule has 2 heterocycles. The molecule has 1 atom stereocenters. The fourth-order valence-corrected chi connectivity index (χ4v) is 3.48. The van der Waals surface area contributed by atoms with Crippen LogP contribution in [0.25, 0.3) is 5.69 Å². The molecule has 1 amide bonds. The Labute approximate surface area is 164 Å². The van der Waals surface area contributed by atoms with Gasteiger partial charge in [0.1, 0.15) is 5.82 Å². The zero-order valence-corrected chi connectivity index (χ0v) is 16.3. The lowest BCUT2D eigenvalue weighted by molar-refractivity contribution is -0.125. The van der Waals surface area contributed by atoms with Gasteiger partial charge >= 0.3 is 0 Å². The van der Waals surface area contributed by atoms with Crippen LogP contribution >= 0.6 is 11.6 Å². The molecule has 0 aliphatic carbocycles. The highest BCUT2D eigenvalue weighted by Crippen LogP contribution is 2.22. The number of aromatic nitrogens is 2. The van der Waals surface area contributed by atoms with E-state index >= 15 is 0 Å². The van der Waals surface area contributed by atoms with E-state index in [0.29, 0.717) is 23.1 Å². The summed E-state index contributed by atoms with van der Waals surface area (Å²) in [6.07, 6.45) is 3.85. The number of hydrogen-bond donors (Lipinski definition) is 1. The van der Waals surface area contributed by atoms with E-state index in [-0.39, 0.29) is 17.4 Å². The van der Waals surface area contributed by atoms with Gasteiger partial charge in [-0.1, -0.05) is 31.0 Å². The van der Waals surface area contributed by atoms with E-state index in [1.54, 1.807) is 30.3 Å². The minimum absolute atomic E-state index is 0.0519. The number of nitrogens with zero attached hydrogens (tertiary/aromatic N) is 3. The molecule has 0 spiro atoms. The molecule has 0 saturated carbocycles. The number of hydrogen-bond acceptors (Lipinski definition) is 4. The van der Waals surface area contributed by atoms with Crippen molar-refractivity contribution in [1.82, 2.24) is 15.1 Å². The van der Waals surface area contributed by atoms with E-state index in [9.17, 15) is 9.59 Å². The predicted octanol–water partition coefficient (Wildman–Crippen LogP) is 3.02. The lowest BCUT2D eigenvalue weighted by Crippen LogP contribution is -2.44. The molecular weight excluding hydrogens is 364 g/mol. The van der Waals surface area contributed by atoms with Crippen LogP contribution in [-0.2, 0) is 4.79 Å². The number of unbranched alkanes of at least 4 members (excludes halogenated alkanes) is 1. The molecule has 1 unspecified atom stereocenters. The first-order chi connectivity index (χ1) is 13.1. The zero-order valence-electron chi connectivity index (χ0n) is 15.5. The summed E-state index contributed by atoms with van der Waals surface area (Å²) < 4.78 is 1.35. The fourth-order valence-electron chi connectivity index (χ4n) is 3.29. The van der Waals surface area contributed by atoms with Gasteiger partial charge in [-0.05, 0) is 43.5 Å². The first-order valence-corrected chi connectivity index (χ1v) is 9.85.